The van der Waals surface area contributed by atoms with Gasteiger partial charge in [0.15, 0.2) is 0 Å². The van der Waals surface area contributed by atoms with Crippen LogP contribution in [0.2, 0.25) is 10.0 Å². The van der Waals surface area contributed by atoms with Gasteiger partial charge in [0.1, 0.15) is 0 Å². The second kappa shape index (κ2) is 7.34. The molecule has 2 unspecified atom stereocenters. The van der Waals surface area contributed by atoms with E-state index in [-0.39, 0.29) is 6.04 Å². The number of nitrogens with zero attached hydrogens (tertiary/aromatic N) is 1. The van der Waals surface area contributed by atoms with E-state index in [4.69, 9.17) is 28.9 Å². The molecule has 0 aliphatic rings. The van der Waals surface area contributed by atoms with Gasteiger partial charge in [-0.1, -0.05) is 37.0 Å². The van der Waals surface area contributed by atoms with E-state index >= 15 is 0 Å². The van der Waals surface area contributed by atoms with Crippen molar-refractivity contribution in [2.24, 2.45) is 5.73 Å². The van der Waals surface area contributed by atoms with Crippen LogP contribution in [0, 0.1) is 0 Å². The summed E-state index contributed by atoms with van der Waals surface area (Å²) in [4.78, 5) is 2.39. The summed E-state index contributed by atoms with van der Waals surface area (Å²) in [5.74, 6) is 0. The number of rotatable bonds is 6. The Balaban J connectivity index is 3.06. The number of nitrogens with two attached hydrogens (primary N) is 1. The molecule has 102 valence electrons. The maximum Gasteiger partial charge on any atom is 0.0474 e. The van der Waals surface area contributed by atoms with Crippen LogP contribution in [0.25, 0.3) is 0 Å². The molecule has 0 aliphatic carbocycles. The molecule has 2 nitrogen and oxygen atoms in total. The van der Waals surface area contributed by atoms with Gasteiger partial charge in [0.25, 0.3) is 0 Å². The zero-order valence-electron chi connectivity index (χ0n) is 11.3. The van der Waals surface area contributed by atoms with E-state index in [1.54, 1.807) is 6.07 Å². The fourth-order valence-corrected chi connectivity index (χ4v) is 2.85. The molecular formula is C14H22Cl2N2. The van der Waals surface area contributed by atoms with Gasteiger partial charge in [-0.05, 0) is 43.7 Å². The van der Waals surface area contributed by atoms with Crippen LogP contribution < -0.4 is 5.73 Å². The first-order valence-electron chi connectivity index (χ1n) is 6.45. The zero-order valence-corrected chi connectivity index (χ0v) is 12.8. The Morgan fingerprint density at radius 2 is 1.72 bits per heavy atom. The van der Waals surface area contributed by atoms with Crippen molar-refractivity contribution in [1.82, 2.24) is 4.90 Å². The van der Waals surface area contributed by atoms with E-state index in [1.165, 1.54) is 0 Å². The van der Waals surface area contributed by atoms with Crippen LogP contribution >= 0.6 is 23.2 Å². The molecule has 0 heterocycles. The van der Waals surface area contributed by atoms with Crippen molar-refractivity contribution in [3.63, 3.8) is 0 Å². The third kappa shape index (κ3) is 3.86. The van der Waals surface area contributed by atoms with Crippen molar-refractivity contribution in [1.29, 1.82) is 0 Å². The number of halogens is 2. The van der Waals surface area contributed by atoms with E-state index in [9.17, 15) is 0 Å². The summed E-state index contributed by atoms with van der Waals surface area (Å²) in [6, 6.07) is 6.31. The van der Waals surface area contributed by atoms with Gasteiger partial charge in [-0.15, -0.1) is 0 Å². The first-order chi connectivity index (χ1) is 8.53. The zero-order chi connectivity index (χ0) is 13.7. The average Bonchev–Trinajstić information content (AvgIpc) is 2.33. The van der Waals surface area contributed by atoms with Gasteiger partial charge < -0.3 is 5.73 Å². The molecule has 2 N–H and O–H groups in total. The van der Waals surface area contributed by atoms with Gasteiger partial charge in [0, 0.05) is 28.7 Å². The van der Waals surface area contributed by atoms with Crippen LogP contribution in [0.15, 0.2) is 18.2 Å². The molecule has 0 bridgehead atoms. The van der Waals surface area contributed by atoms with Crippen LogP contribution in [-0.4, -0.2) is 24.0 Å². The van der Waals surface area contributed by atoms with Crippen molar-refractivity contribution >= 4 is 23.2 Å². The van der Waals surface area contributed by atoms with Gasteiger partial charge in [-0.25, -0.2) is 0 Å². The molecule has 0 radical (unpaired) electrons. The molecular weight excluding hydrogens is 267 g/mol. The third-order valence-electron chi connectivity index (χ3n) is 3.42. The lowest BCUT2D eigenvalue weighted by molar-refractivity contribution is 0.152. The predicted molar refractivity (Wildman–Crippen MR) is 80.4 cm³/mol. The summed E-state index contributed by atoms with van der Waals surface area (Å²) >= 11 is 12.1. The average molecular weight is 289 g/mol. The molecule has 0 fully saturated rings. The summed E-state index contributed by atoms with van der Waals surface area (Å²) in [6.45, 7) is 8.08. The molecule has 0 aliphatic heterocycles. The third-order valence-corrected chi connectivity index (χ3v) is 3.85. The largest absolute Gasteiger partial charge is 0.329 e. The maximum atomic E-state index is 6.07. The fourth-order valence-electron chi connectivity index (χ4n) is 2.30. The van der Waals surface area contributed by atoms with E-state index in [0.29, 0.717) is 22.6 Å². The first kappa shape index (κ1) is 15.8. The monoisotopic (exact) mass is 288 g/mol. The Morgan fingerprint density at radius 3 is 2.11 bits per heavy atom. The molecule has 0 amide bonds. The minimum absolute atomic E-state index is 0.168. The lowest BCUT2D eigenvalue weighted by Gasteiger charge is -2.35. The second-order valence-corrected chi connectivity index (χ2v) is 5.41. The number of likely N-dealkylation sites (N-methyl/N-ethyl adjacent to an activating group) is 1. The van der Waals surface area contributed by atoms with Gasteiger partial charge in [-0.3, -0.25) is 4.90 Å². The highest BCUT2D eigenvalue weighted by Crippen LogP contribution is 2.28. The molecule has 0 spiro atoms. The van der Waals surface area contributed by atoms with Gasteiger partial charge >= 0.3 is 0 Å². The predicted octanol–water partition coefficient (Wildman–Crippen LogP) is 4.11. The van der Waals surface area contributed by atoms with Crippen LogP contribution in [0.5, 0.6) is 0 Å². The van der Waals surface area contributed by atoms with Gasteiger partial charge in [0.05, 0.1) is 0 Å². The van der Waals surface area contributed by atoms with E-state index < -0.39 is 0 Å². The van der Waals surface area contributed by atoms with E-state index in [1.807, 2.05) is 12.1 Å². The number of hydrogen-bond acceptors (Lipinski definition) is 2. The highest BCUT2D eigenvalue weighted by atomic mass is 35.5. The van der Waals surface area contributed by atoms with Crippen molar-refractivity contribution in [2.75, 3.05) is 13.1 Å². The highest BCUT2D eigenvalue weighted by Gasteiger charge is 2.22. The molecule has 1 aromatic carbocycles. The van der Waals surface area contributed by atoms with Crippen molar-refractivity contribution < 1.29 is 0 Å². The molecule has 1 aromatic rings. The van der Waals surface area contributed by atoms with Crippen LogP contribution in [0.3, 0.4) is 0 Å². The maximum absolute atomic E-state index is 6.07. The molecule has 0 saturated heterocycles. The number of benzene rings is 1. The quantitative estimate of drug-likeness (QED) is 0.853. The van der Waals surface area contributed by atoms with Crippen LogP contribution in [-0.2, 0) is 0 Å². The smallest absolute Gasteiger partial charge is 0.0474 e. The Labute approximate surface area is 120 Å². The topological polar surface area (TPSA) is 29.3 Å². The van der Waals surface area contributed by atoms with Gasteiger partial charge in [-0.2, -0.15) is 0 Å². The molecule has 18 heavy (non-hydrogen) atoms. The van der Waals surface area contributed by atoms with Crippen molar-refractivity contribution in [3.8, 4) is 0 Å². The normalized spacial score (nSPS) is 14.8. The highest BCUT2D eigenvalue weighted by molar-refractivity contribution is 6.34. The minimum atomic E-state index is 0.168. The summed E-state index contributed by atoms with van der Waals surface area (Å²) in [5.41, 5.74) is 7.04. The number of hydrogen-bond donors (Lipinski definition) is 1. The van der Waals surface area contributed by atoms with E-state index in [0.717, 1.165) is 18.5 Å². The molecule has 2 atom stereocenters. The molecule has 0 aromatic heterocycles. The minimum Gasteiger partial charge on any atom is -0.329 e. The van der Waals surface area contributed by atoms with Crippen LogP contribution in [0.1, 0.15) is 38.8 Å². The SMILES string of the molecule is CCC(C)N(CC)C(CN)c1cc(Cl)cc(Cl)c1. The standard InChI is InChI=1S/C14H22Cl2N2/c1-4-10(3)18(5-2)14(9-17)11-6-12(15)8-13(16)7-11/h6-8,10,14H,4-5,9,17H2,1-3H3. The molecule has 1 rings (SSSR count). The Hall–Kier alpha value is -0.280. The van der Waals surface area contributed by atoms with E-state index in [2.05, 4.69) is 25.7 Å². The van der Waals surface area contributed by atoms with Gasteiger partial charge in [0.2, 0.25) is 0 Å². The Morgan fingerprint density at radius 1 is 1.17 bits per heavy atom. The fraction of sp³-hybridized carbons (Fsp3) is 0.571. The van der Waals surface area contributed by atoms with Crippen LogP contribution in [0.4, 0.5) is 0 Å². The lowest BCUT2D eigenvalue weighted by atomic mass is 10.0. The Bertz CT molecular complexity index is 362. The summed E-state index contributed by atoms with van der Waals surface area (Å²) in [5, 5.41) is 1.33. The summed E-state index contributed by atoms with van der Waals surface area (Å²) < 4.78 is 0. The van der Waals surface area contributed by atoms with Crippen molar-refractivity contribution in [3.05, 3.63) is 33.8 Å². The molecule has 4 heteroatoms. The first-order valence-corrected chi connectivity index (χ1v) is 7.20. The Kier molecular flexibility index (Phi) is 6.44. The summed E-state index contributed by atoms with van der Waals surface area (Å²) in [7, 11) is 0. The summed E-state index contributed by atoms with van der Waals surface area (Å²) in [6.07, 6.45) is 1.10. The van der Waals surface area contributed by atoms with Crippen molar-refractivity contribution in [2.45, 2.75) is 39.3 Å². The second-order valence-electron chi connectivity index (χ2n) is 4.54. The molecule has 0 saturated carbocycles. The lowest BCUT2D eigenvalue weighted by Crippen LogP contribution is -2.39.